The Bertz CT molecular complexity index is 1480. The average Bonchev–Trinajstić information content (AvgIpc) is 3.23. The predicted molar refractivity (Wildman–Crippen MR) is 143 cm³/mol. The molecular formula is C23H18Br2N4O3S2. The summed E-state index contributed by atoms with van der Waals surface area (Å²) in [6.07, 6.45) is 1.58. The first-order valence-corrected chi connectivity index (χ1v) is 13.7. The lowest BCUT2D eigenvalue weighted by Gasteiger charge is -2.15. The van der Waals surface area contributed by atoms with E-state index in [1.165, 1.54) is 54.7 Å². The van der Waals surface area contributed by atoms with Crippen molar-refractivity contribution in [2.75, 3.05) is 19.1 Å². The number of fused-ring (bicyclic) bond motifs is 1. The number of carbonyl (C=O) groups excluding carboxylic acids is 1. The minimum atomic E-state index is -3.60. The number of carbonyl (C=O) groups is 1. The second-order valence-corrected chi connectivity index (χ2v) is 12.3. The van der Waals surface area contributed by atoms with Crippen LogP contribution in [0.2, 0.25) is 0 Å². The Morgan fingerprint density at radius 3 is 2.26 bits per heavy atom. The molecule has 0 spiro atoms. The maximum atomic E-state index is 13.5. The van der Waals surface area contributed by atoms with E-state index in [0.717, 1.165) is 29.0 Å². The zero-order valence-corrected chi connectivity index (χ0v) is 22.8. The zero-order chi connectivity index (χ0) is 24.5. The molecule has 0 aliphatic carbocycles. The summed E-state index contributed by atoms with van der Waals surface area (Å²) < 4.78 is 28.6. The minimum Gasteiger partial charge on any atom is -0.267 e. The smallest absolute Gasteiger partial charge is 0.267 e. The minimum absolute atomic E-state index is 0.101. The summed E-state index contributed by atoms with van der Waals surface area (Å²) >= 11 is 8.19. The highest BCUT2D eigenvalue weighted by atomic mass is 79.9. The van der Waals surface area contributed by atoms with E-state index in [-0.39, 0.29) is 10.5 Å². The van der Waals surface area contributed by atoms with Crippen molar-refractivity contribution < 1.29 is 13.2 Å². The van der Waals surface area contributed by atoms with Crippen LogP contribution >= 0.6 is 43.2 Å². The highest BCUT2D eigenvalue weighted by Gasteiger charge is 2.23. The van der Waals surface area contributed by atoms with Crippen LogP contribution in [0.3, 0.4) is 0 Å². The first-order valence-electron chi connectivity index (χ1n) is 9.88. The number of anilines is 1. The van der Waals surface area contributed by atoms with Gasteiger partial charge in [0.15, 0.2) is 0 Å². The van der Waals surface area contributed by atoms with Crippen LogP contribution in [0.5, 0.6) is 0 Å². The summed E-state index contributed by atoms with van der Waals surface area (Å²) in [5, 5.41) is 6.07. The molecule has 0 aliphatic rings. The molecule has 0 saturated heterocycles. The second-order valence-electron chi connectivity index (χ2n) is 7.33. The standard InChI is InChI=1S/C23H18Br2N4O3S2/c1-28(2)34(31,32)19-10-5-16(6-11-19)22(30)29(26-14-15-3-7-17(24)8-4-15)23-27-20-12-9-18(25)13-21(20)33-23/h3-14H,1-2H3/b26-14+. The number of hydrogen-bond acceptors (Lipinski definition) is 6. The van der Waals surface area contributed by atoms with Crippen molar-refractivity contribution in [2.24, 2.45) is 5.10 Å². The van der Waals surface area contributed by atoms with E-state index >= 15 is 0 Å². The zero-order valence-electron chi connectivity index (χ0n) is 18.0. The number of benzene rings is 3. The summed E-state index contributed by atoms with van der Waals surface area (Å²) in [5.74, 6) is -0.430. The lowest BCUT2D eigenvalue weighted by Crippen LogP contribution is -2.26. The molecule has 4 rings (SSSR count). The van der Waals surface area contributed by atoms with Crippen molar-refractivity contribution in [3.05, 3.63) is 86.8 Å². The van der Waals surface area contributed by atoms with Crippen molar-refractivity contribution in [3.63, 3.8) is 0 Å². The van der Waals surface area contributed by atoms with Gasteiger partial charge in [0.05, 0.1) is 21.3 Å². The van der Waals surface area contributed by atoms with Gasteiger partial charge in [-0.2, -0.15) is 10.1 Å². The van der Waals surface area contributed by atoms with E-state index < -0.39 is 15.9 Å². The summed E-state index contributed by atoms with van der Waals surface area (Å²) in [6, 6.07) is 18.9. The SMILES string of the molecule is CN(C)S(=O)(=O)c1ccc(C(=O)N(/N=C/c2ccc(Br)cc2)c2nc3ccc(Br)cc3s2)cc1. The molecule has 0 radical (unpaired) electrons. The third kappa shape index (κ3) is 5.28. The van der Waals surface area contributed by atoms with Crippen molar-refractivity contribution in [2.45, 2.75) is 4.90 Å². The fraction of sp³-hybridized carbons (Fsp3) is 0.0870. The molecule has 174 valence electrons. The number of hydrazone groups is 1. The Morgan fingerprint density at radius 1 is 0.971 bits per heavy atom. The fourth-order valence-electron chi connectivity index (χ4n) is 2.94. The number of sulfonamides is 1. The van der Waals surface area contributed by atoms with Crippen LogP contribution in [0, 0.1) is 0 Å². The monoisotopic (exact) mass is 620 g/mol. The van der Waals surface area contributed by atoms with Gasteiger partial charge in [-0.1, -0.05) is 55.3 Å². The third-order valence-electron chi connectivity index (χ3n) is 4.78. The molecule has 0 aliphatic heterocycles. The average molecular weight is 622 g/mol. The quantitative estimate of drug-likeness (QED) is 0.203. The van der Waals surface area contributed by atoms with Crippen LogP contribution in [0.15, 0.2) is 85.7 Å². The van der Waals surface area contributed by atoms with Gasteiger partial charge in [-0.25, -0.2) is 17.7 Å². The summed E-state index contributed by atoms with van der Waals surface area (Å²) in [5.41, 5.74) is 1.83. The number of hydrogen-bond donors (Lipinski definition) is 0. The molecule has 0 atom stereocenters. The second kappa shape index (κ2) is 10.0. The van der Waals surface area contributed by atoms with Crippen molar-refractivity contribution in [1.29, 1.82) is 0 Å². The molecule has 7 nitrogen and oxygen atoms in total. The van der Waals surface area contributed by atoms with Gasteiger partial charge >= 0.3 is 0 Å². The van der Waals surface area contributed by atoms with E-state index in [9.17, 15) is 13.2 Å². The number of nitrogens with zero attached hydrogens (tertiary/aromatic N) is 4. The molecule has 0 saturated carbocycles. The van der Waals surface area contributed by atoms with Crippen LogP contribution in [0.4, 0.5) is 5.13 Å². The predicted octanol–water partition coefficient (Wildman–Crippen LogP) is 5.75. The Morgan fingerprint density at radius 2 is 1.62 bits per heavy atom. The molecule has 34 heavy (non-hydrogen) atoms. The fourth-order valence-corrected chi connectivity index (χ4v) is 5.58. The molecule has 4 aromatic rings. The normalized spacial score (nSPS) is 12.0. The summed E-state index contributed by atoms with van der Waals surface area (Å²) in [7, 11) is -0.689. The van der Waals surface area contributed by atoms with E-state index in [1.54, 1.807) is 6.21 Å². The maximum Gasteiger partial charge on any atom is 0.280 e. The van der Waals surface area contributed by atoms with E-state index in [1.807, 2.05) is 42.5 Å². The van der Waals surface area contributed by atoms with Crippen LogP contribution < -0.4 is 5.01 Å². The van der Waals surface area contributed by atoms with Crippen molar-refractivity contribution >= 4 is 80.7 Å². The summed E-state index contributed by atoms with van der Waals surface area (Å²) in [6.45, 7) is 0. The van der Waals surface area contributed by atoms with Gasteiger partial charge in [0.1, 0.15) is 0 Å². The first-order chi connectivity index (χ1) is 16.1. The molecule has 1 heterocycles. The van der Waals surface area contributed by atoms with Crippen LogP contribution in [0.25, 0.3) is 10.2 Å². The topological polar surface area (TPSA) is 82.9 Å². The highest BCUT2D eigenvalue weighted by Crippen LogP contribution is 2.32. The van der Waals surface area contributed by atoms with Gasteiger partial charge in [0.2, 0.25) is 15.2 Å². The van der Waals surface area contributed by atoms with Gasteiger partial charge in [-0.3, -0.25) is 4.79 Å². The maximum absolute atomic E-state index is 13.5. The van der Waals surface area contributed by atoms with Crippen LogP contribution in [0.1, 0.15) is 15.9 Å². The Balaban J connectivity index is 1.73. The molecule has 1 aromatic heterocycles. The third-order valence-corrected chi connectivity index (χ3v) is 8.63. The Kier molecular flexibility index (Phi) is 7.29. The van der Waals surface area contributed by atoms with Gasteiger partial charge in [-0.05, 0) is 60.2 Å². The van der Waals surface area contributed by atoms with Crippen molar-refractivity contribution in [1.82, 2.24) is 9.29 Å². The van der Waals surface area contributed by atoms with Gasteiger partial charge in [0.25, 0.3) is 5.91 Å². The Labute approximate surface area is 218 Å². The molecular weight excluding hydrogens is 604 g/mol. The molecule has 0 fully saturated rings. The highest BCUT2D eigenvalue weighted by molar-refractivity contribution is 9.10. The molecule has 0 unspecified atom stereocenters. The number of thiazole rings is 1. The molecule has 0 bridgehead atoms. The van der Waals surface area contributed by atoms with Crippen molar-refractivity contribution in [3.8, 4) is 0 Å². The van der Waals surface area contributed by atoms with E-state index in [2.05, 4.69) is 41.9 Å². The number of halogens is 2. The molecule has 0 N–H and O–H groups in total. The van der Waals surface area contributed by atoms with Crippen LogP contribution in [-0.2, 0) is 10.0 Å². The van der Waals surface area contributed by atoms with Gasteiger partial charge in [0, 0.05) is 28.6 Å². The van der Waals surface area contributed by atoms with Crippen LogP contribution in [-0.4, -0.2) is 43.9 Å². The lowest BCUT2D eigenvalue weighted by molar-refractivity contribution is 0.0987. The Hall–Kier alpha value is -2.44. The van der Waals surface area contributed by atoms with Gasteiger partial charge in [-0.15, -0.1) is 0 Å². The van der Waals surface area contributed by atoms with E-state index in [4.69, 9.17) is 0 Å². The van der Waals surface area contributed by atoms with Gasteiger partial charge < -0.3 is 0 Å². The molecule has 11 heteroatoms. The largest absolute Gasteiger partial charge is 0.280 e. The van der Waals surface area contributed by atoms with E-state index in [0.29, 0.717) is 5.13 Å². The molecule has 1 amide bonds. The lowest BCUT2D eigenvalue weighted by atomic mass is 10.2. The molecule has 3 aromatic carbocycles. The summed E-state index contributed by atoms with van der Waals surface area (Å²) in [4.78, 5) is 18.1. The number of amides is 1. The number of rotatable bonds is 6. The number of aromatic nitrogens is 1. The first kappa shape index (κ1) is 24.7.